The number of allylic oxidation sites excluding steroid dienone is 1. The fraction of sp³-hybridized carbons (Fsp3) is 0.118. The highest BCUT2D eigenvalue weighted by Crippen LogP contribution is 2.23. The molecule has 0 spiro atoms. The van der Waals surface area contributed by atoms with Crippen molar-refractivity contribution in [2.75, 3.05) is 20.0 Å². The van der Waals surface area contributed by atoms with E-state index < -0.39 is 0 Å². The predicted octanol–water partition coefficient (Wildman–Crippen LogP) is 3.18. The fourth-order valence-corrected chi connectivity index (χ4v) is 1.91. The summed E-state index contributed by atoms with van der Waals surface area (Å²) in [4.78, 5) is 12.1. The van der Waals surface area contributed by atoms with Gasteiger partial charge in [0.05, 0.1) is 14.2 Å². The summed E-state index contributed by atoms with van der Waals surface area (Å²) in [6.07, 6.45) is 3.19. The van der Waals surface area contributed by atoms with Gasteiger partial charge in [-0.05, 0) is 35.9 Å². The number of rotatable bonds is 5. The first-order valence-corrected chi connectivity index (χ1v) is 6.44. The second-order valence-electron chi connectivity index (χ2n) is 4.43. The van der Waals surface area contributed by atoms with Crippen molar-refractivity contribution in [3.8, 4) is 11.5 Å². The molecule has 0 saturated heterocycles. The molecule has 2 rings (SSSR count). The lowest BCUT2D eigenvalue weighted by Gasteiger charge is -2.06. The van der Waals surface area contributed by atoms with Gasteiger partial charge < -0.3 is 15.2 Å². The summed E-state index contributed by atoms with van der Waals surface area (Å²) >= 11 is 0. The number of para-hydroxylation sites is 1. The van der Waals surface area contributed by atoms with E-state index >= 15 is 0 Å². The maximum absolute atomic E-state index is 12.1. The minimum Gasteiger partial charge on any atom is -0.497 e. The molecule has 0 amide bonds. The zero-order valence-corrected chi connectivity index (χ0v) is 12.0. The van der Waals surface area contributed by atoms with Gasteiger partial charge in [-0.25, -0.2) is 0 Å². The molecule has 21 heavy (non-hydrogen) atoms. The first-order chi connectivity index (χ1) is 10.1. The molecule has 4 nitrogen and oxygen atoms in total. The van der Waals surface area contributed by atoms with Crippen LogP contribution in [-0.4, -0.2) is 20.0 Å². The van der Waals surface area contributed by atoms with Crippen LogP contribution in [0.25, 0.3) is 6.08 Å². The van der Waals surface area contributed by atoms with E-state index in [0.717, 1.165) is 5.56 Å². The Morgan fingerprint density at radius 2 is 1.67 bits per heavy atom. The quantitative estimate of drug-likeness (QED) is 0.520. The number of methoxy groups -OCH3 is 2. The maximum Gasteiger partial charge on any atom is 0.187 e. The molecule has 0 unspecified atom stereocenters. The molecule has 0 aliphatic carbocycles. The number of ketones is 1. The van der Waals surface area contributed by atoms with E-state index in [1.165, 1.54) is 6.08 Å². The van der Waals surface area contributed by atoms with Crippen molar-refractivity contribution in [3.63, 3.8) is 0 Å². The van der Waals surface area contributed by atoms with Gasteiger partial charge in [-0.15, -0.1) is 0 Å². The normalized spacial score (nSPS) is 10.6. The highest BCUT2D eigenvalue weighted by atomic mass is 16.5. The molecule has 0 saturated carbocycles. The van der Waals surface area contributed by atoms with Crippen LogP contribution in [0.2, 0.25) is 0 Å². The number of carbonyl (C=O) groups is 1. The van der Waals surface area contributed by atoms with Crippen LogP contribution in [0.5, 0.6) is 11.5 Å². The highest BCUT2D eigenvalue weighted by Gasteiger charge is 2.05. The van der Waals surface area contributed by atoms with Crippen molar-refractivity contribution in [1.29, 1.82) is 0 Å². The van der Waals surface area contributed by atoms with Gasteiger partial charge in [-0.1, -0.05) is 18.2 Å². The third kappa shape index (κ3) is 3.63. The van der Waals surface area contributed by atoms with Crippen LogP contribution in [-0.2, 0) is 0 Å². The van der Waals surface area contributed by atoms with Crippen LogP contribution in [0, 0.1) is 0 Å². The number of nitrogen functional groups attached to an aromatic ring is 1. The van der Waals surface area contributed by atoms with Crippen LogP contribution in [0.1, 0.15) is 15.9 Å². The number of hydrogen-bond donors (Lipinski definition) is 1. The third-order valence-corrected chi connectivity index (χ3v) is 3.03. The average molecular weight is 283 g/mol. The molecule has 0 bridgehead atoms. The zero-order valence-electron chi connectivity index (χ0n) is 12.0. The predicted molar refractivity (Wildman–Crippen MR) is 83.8 cm³/mol. The molecule has 0 aromatic heterocycles. The molecular formula is C17H17NO3. The molecule has 0 aliphatic rings. The lowest BCUT2D eigenvalue weighted by atomic mass is 10.1. The monoisotopic (exact) mass is 283 g/mol. The van der Waals surface area contributed by atoms with Gasteiger partial charge >= 0.3 is 0 Å². The molecule has 4 heteroatoms. The van der Waals surface area contributed by atoms with E-state index in [1.54, 1.807) is 50.6 Å². The Morgan fingerprint density at radius 1 is 1.05 bits per heavy atom. The zero-order chi connectivity index (χ0) is 15.2. The summed E-state index contributed by atoms with van der Waals surface area (Å²) in [7, 11) is 3.16. The smallest absolute Gasteiger partial charge is 0.187 e. The number of nitrogens with two attached hydrogens (primary N) is 1. The van der Waals surface area contributed by atoms with E-state index in [9.17, 15) is 4.79 Å². The minimum atomic E-state index is -0.144. The van der Waals surface area contributed by atoms with Gasteiger partial charge in [0, 0.05) is 17.3 Å². The molecule has 2 aromatic rings. The van der Waals surface area contributed by atoms with Crippen LogP contribution in [0.3, 0.4) is 0 Å². The summed E-state index contributed by atoms with van der Waals surface area (Å²) in [5.74, 6) is 1.19. The van der Waals surface area contributed by atoms with Crippen molar-refractivity contribution < 1.29 is 14.3 Å². The molecule has 0 fully saturated rings. The number of carbonyl (C=O) groups excluding carboxylic acids is 1. The van der Waals surface area contributed by atoms with Crippen molar-refractivity contribution in [3.05, 3.63) is 59.7 Å². The second kappa shape index (κ2) is 6.61. The standard InChI is InChI=1S/C17H17NO3/c1-20-13-9-12(10-14(11-13)21-2)7-8-17(19)15-5-3-4-6-16(15)18/h3-11H,18H2,1-2H3/b8-7+. The Morgan fingerprint density at radius 3 is 2.24 bits per heavy atom. The van der Waals surface area contributed by atoms with Gasteiger partial charge in [0.2, 0.25) is 0 Å². The molecular weight excluding hydrogens is 266 g/mol. The Kier molecular flexibility index (Phi) is 4.61. The van der Waals surface area contributed by atoms with E-state index in [0.29, 0.717) is 22.7 Å². The van der Waals surface area contributed by atoms with Crippen LogP contribution in [0.4, 0.5) is 5.69 Å². The van der Waals surface area contributed by atoms with Crippen molar-refractivity contribution in [2.24, 2.45) is 0 Å². The number of hydrogen-bond acceptors (Lipinski definition) is 4. The summed E-state index contributed by atoms with van der Waals surface area (Å²) in [5, 5.41) is 0. The fourth-order valence-electron chi connectivity index (χ4n) is 1.91. The first-order valence-electron chi connectivity index (χ1n) is 6.44. The summed E-state index contributed by atoms with van der Waals surface area (Å²) in [6, 6.07) is 12.4. The molecule has 0 radical (unpaired) electrons. The number of anilines is 1. The Hall–Kier alpha value is -2.75. The largest absolute Gasteiger partial charge is 0.497 e. The van der Waals surface area contributed by atoms with Gasteiger partial charge in [0.1, 0.15) is 11.5 Å². The molecule has 0 atom stereocenters. The van der Waals surface area contributed by atoms with Gasteiger partial charge in [-0.2, -0.15) is 0 Å². The van der Waals surface area contributed by atoms with Crippen molar-refractivity contribution in [2.45, 2.75) is 0 Å². The highest BCUT2D eigenvalue weighted by molar-refractivity contribution is 6.10. The Labute approximate surface area is 123 Å². The van der Waals surface area contributed by atoms with Crippen LogP contribution < -0.4 is 15.2 Å². The van der Waals surface area contributed by atoms with Crippen molar-refractivity contribution >= 4 is 17.5 Å². The molecule has 108 valence electrons. The minimum absolute atomic E-state index is 0.144. The summed E-state index contributed by atoms with van der Waals surface area (Å²) in [6.45, 7) is 0. The molecule has 2 N–H and O–H groups in total. The Balaban J connectivity index is 2.25. The van der Waals surface area contributed by atoms with Gasteiger partial charge in [0.25, 0.3) is 0 Å². The first kappa shape index (κ1) is 14.7. The summed E-state index contributed by atoms with van der Waals surface area (Å²) < 4.78 is 10.4. The molecule has 0 aliphatic heterocycles. The lowest BCUT2D eigenvalue weighted by molar-refractivity contribution is 0.104. The van der Waals surface area contributed by atoms with Crippen molar-refractivity contribution in [1.82, 2.24) is 0 Å². The van der Waals surface area contributed by atoms with E-state index in [2.05, 4.69) is 0 Å². The topological polar surface area (TPSA) is 61.5 Å². The molecule has 0 heterocycles. The number of benzene rings is 2. The van der Waals surface area contributed by atoms with Crippen LogP contribution in [0.15, 0.2) is 48.5 Å². The molecule has 2 aromatic carbocycles. The lowest BCUT2D eigenvalue weighted by Crippen LogP contribution is -2.00. The van der Waals surface area contributed by atoms with Gasteiger partial charge in [-0.3, -0.25) is 4.79 Å². The summed E-state index contributed by atoms with van der Waals surface area (Å²) in [5.41, 5.74) is 7.56. The maximum atomic E-state index is 12.1. The third-order valence-electron chi connectivity index (χ3n) is 3.03. The average Bonchev–Trinajstić information content (AvgIpc) is 2.52. The van der Waals surface area contributed by atoms with E-state index in [-0.39, 0.29) is 5.78 Å². The SMILES string of the molecule is COc1cc(/C=C/C(=O)c2ccccc2N)cc(OC)c1. The second-order valence-corrected chi connectivity index (χ2v) is 4.43. The van der Waals surface area contributed by atoms with E-state index in [4.69, 9.17) is 15.2 Å². The van der Waals surface area contributed by atoms with E-state index in [1.807, 2.05) is 12.1 Å². The van der Waals surface area contributed by atoms with Crippen LogP contribution >= 0.6 is 0 Å². The Bertz CT molecular complexity index is 655. The van der Waals surface area contributed by atoms with Gasteiger partial charge in [0.15, 0.2) is 5.78 Å². The number of ether oxygens (including phenoxy) is 2.